The summed E-state index contributed by atoms with van der Waals surface area (Å²) >= 11 is 0. The highest BCUT2D eigenvalue weighted by Gasteiger charge is 2.07. The van der Waals surface area contributed by atoms with Gasteiger partial charge in [0.05, 0.1) is 7.11 Å². The average molecular weight is 219 g/mol. The molecule has 6 nitrogen and oxygen atoms in total. The minimum atomic E-state index is 0.525. The number of ether oxygens (including phenoxy) is 1. The Morgan fingerprint density at radius 1 is 1.38 bits per heavy atom. The number of nitrogens with two attached hydrogens (primary N) is 1. The van der Waals surface area contributed by atoms with E-state index in [0.29, 0.717) is 24.8 Å². The van der Waals surface area contributed by atoms with Crippen LogP contribution in [-0.4, -0.2) is 33.2 Å². The van der Waals surface area contributed by atoms with Crippen LogP contribution in [0.1, 0.15) is 5.82 Å². The topological polar surface area (TPSA) is 78.8 Å². The van der Waals surface area contributed by atoms with E-state index in [-0.39, 0.29) is 0 Å². The van der Waals surface area contributed by atoms with Gasteiger partial charge in [-0.05, 0) is 6.54 Å². The molecule has 2 aromatic heterocycles. The summed E-state index contributed by atoms with van der Waals surface area (Å²) in [4.78, 5) is 12.6. The van der Waals surface area contributed by atoms with Gasteiger partial charge in [0.1, 0.15) is 5.82 Å². The molecule has 0 fully saturated rings. The van der Waals surface area contributed by atoms with E-state index in [2.05, 4.69) is 15.0 Å². The van der Waals surface area contributed by atoms with Crippen LogP contribution in [0.15, 0.2) is 24.7 Å². The summed E-state index contributed by atoms with van der Waals surface area (Å²) in [5.74, 6) is 1.91. The molecule has 2 aromatic rings. The second-order valence-corrected chi connectivity index (χ2v) is 3.15. The van der Waals surface area contributed by atoms with E-state index < -0.39 is 0 Å². The van der Waals surface area contributed by atoms with Crippen LogP contribution >= 0.6 is 0 Å². The van der Waals surface area contributed by atoms with Crippen LogP contribution in [-0.2, 0) is 6.42 Å². The SMILES string of the molecule is COc1ccnc(-n2ccnc2CCN)n1. The lowest BCUT2D eigenvalue weighted by atomic mass is 10.4. The van der Waals surface area contributed by atoms with E-state index in [9.17, 15) is 0 Å². The number of nitrogens with zero attached hydrogens (tertiary/aromatic N) is 4. The molecule has 2 heterocycles. The average Bonchev–Trinajstić information content (AvgIpc) is 2.78. The second-order valence-electron chi connectivity index (χ2n) is 3.15. The Morgan fingerprint density at radius 2 is 2.25 bits per heavy atom. The Balaban J connectivity index is 2.37. The van der Waals surface area contributed by atoms with E-state index in [1.165, 1.54) is 0 Å². The fourth-order valence-corrected chi connectivity index (χ4v) is 1.39. The third-order valence-corrected chi connectivity index (χ3v) is 2.13. The molecule has 16 heavy (non-hydrogen) atoms. The third-order valence-electron chi connectivity index (χ3n) is 2.13. The number of hydrogen-bond acceptors (Lipinski definition) is 5. The van der Waals surface area contributed by atoms with Gasteiger partial charge in [-0.25, -0.2) is 9.97 Å². The van der Waals surface area contributed by atoms with Gasteiger partial charge in [0, 0.05) is 31.1 Å². The molecular formula is C10H13N5O. The van der Waals surface area contributed by atoms with Crippen molar-refractivity contribution < 1.29 is 4.74 Å². The summed E-state index contributed by atoms with van der Waals surface area (Å²) in [7, 11) is 1.57. The van der Waals surface area contributed by atoms with Gasteiger partial charge >= 0.3 is 0 Å². The standard InChI is InChI=1S/C10H13N5O/c1-16-9-3-5-13-10(14-9)15-7-6-12-8(15)2-4-11/h3,5-7H,2,4,11H2,1H3. The third kappa shape index (κ3) is 2.01. The summed E-state index contributed by atoms with van der Waals surface area (Å²) in [6.45, 7) is 0.543. The van der Waals surface area contributed by atoms with Crippen molar-refractivity contribution in [1.82, 2.24) is 19.5 Å². The van der Waals surface area contributed by atoms with Crippen LogP contribution in [0.2, 0.25) is 0 Å². The van der Waals surface area contributed by atoms with Crippen molar-refractivity contribution in [1.29, 1.82) is 0 Å². The van der Waals surface area contributed by atoms with Gasteiger partial charge < -0.3 is 10.5 Å². The summed E-state index contributed by atoms with van der Waals surface area (Å²) in [6, 6.07) is 1.70. The number of aromatic nitrogens is 4. The van der Waals surface area contributed by atoms with Crippen LogP contribution in [0.4, 0.5) is 0 Å². The maximum atomic E-state index is 5.50. The van der Waals surface area contributed by atoms with Gasteiger partial charge in [0.2, 0.25) is 11.8 Å². The lowest BCUT2D eigenvalue weighted by molar-refractivity contribution is 0.396. The zero-order valence-corrected chi connectivity index (χ0v) is 9.00. The van der Waals surface area contributed by atoms with Crippen molar-refractivity contribution in [2.75, 3.05) is 13.7 Å². The van der Waals surface area contributed by atoms with Crippen LogP contribution in [0, 0.1) is 0 Å². The van der Waals surface area contributed by atoms with Crippen molar-refractivity contribution in [3.8, 4) is 11.8 Å². The zero-order valence-electron chi connectivity index (χ0n) is 9.00. The Kier molecular flexibility index (Phi) is 3.11. The molecule has 0 saturated carbocycles. The molecule has 0 radical (unpaired) electrons. The van der Waals surface area contributed by atoms with E-state index in [0.717, 1.165) is 5.82 Å². The monoisotopic (exact) mass is 219 g/mol. The largest absolute Gasteiger partial charge is 0.481 e. The molecule has 0 aliphatic heterocycles. The first kappa shape index (κ1) is 10.6. The molecule has 2 rings (SSSR count). The lowest BCUT2D eigenvalue weighted by Gasteiger charge is -2.05. The summed E-state index contributed by atoms with van der Waals surface area (Å²) in [5.41, 5.74) is 5.50. The highest BCUT2D eigenvalue weighted by Crippen LogP contribution is 2.10. The van der Waals surface area contributed by atoms with Gasteiger partial charge in [0.15, 0.2) is 0 Å². The maximum absolute atomic E-state index is 5.50. The molecule has 2 N–H and O–H groups in total. The molecule has 0 aliphatic carbocycles. The molecule has 0 aromatic carbocycles. The fourth-order valence-electron chi connectivity index (χ4n) is 1.39. The Labute approximate surface area is 93.1 Å². The van der Waals surface area contributed by atoms with Crippen molar-refractivity contribution in [2.45, 2.75) is 6.42 Å². The summed E-state index contributed by atoms with van der Waals surface area (Å²) in [5, 5.41) is 0. The van der Waals surface area contributed by atoms with Crippen LogP contribution in [0.25, 0.3) is 5.95 Å². The molecule has 84 valence electrons. The minimum Gasteiger partial charge on any atom is -0.481 e. The number of rotatable bonds is 4. The van der Waals surface area contributed by atoms with Crippen LogP contribution < -0.4 is 10.5 Å². The second kappa shape index (κ2) is 4.71. The van der Waals surface area contributed by atoms with Gasteiger partial charge in [-0.15, -0.1) is 0 Å². The van der Waals surface area contributed by atoms with Gasteiger partial charge in [0.25, 0.3) is 0 Å². The number of hydrogen-bond donors (Lipinski definition) is 1. The van der Waals surface area contributed by atoms with E-state index in [1.54, 1.807) is 36.3 Å². The Morgan fingerprint density at radius 3 is 3.00 bits per heavy atom. The lowest BCUT2D eigenvalue weighted by Crippen LogP contribution is -2.10. The maximum Gasteiger partial charge on any atom is 0.238 e. The predicted molar refractivity (Wildman–Crippen MR) is 58.5 cm³/mol. The van der Waals surface area contributed by atoms with E-state index >= 15 is 0 Å². The molecule has 0 saturated heterocycles. The summed E-state index contributed by atoms with van der Waals surface area (Å²) in [6.07, 6.45) is 5.84. The molecule has 6 heteroatoms. The first-order valence-electron chi connectivity index (χ1n) is 4.95. The van der Waals surface area contributed by atoms with Gasteiger partial charge in [-0.1, -0.05) is 0 Å². The first-order valence-corrected chi connectivity index (χ1v) is 4.95. The smallest absolute Gasteiger partial charge is 0.238 e. The molecule has 0 unspecified atom stereocenters. The molecular weight excluding hydrogens is 206 g/mol. The van der Waals surface area contributed by atoms with E-state index in [1.807, 2.05) is 0 Å². The zero-order chi connectivity index (χ0) is 11.4. The molecule has 0 spiro atoms. The van der Waals surface area contributed by atoms with Crippen molar-refractivity contribution in [3.63, 3.8) is 0 Å². The highest BCUT2D eigenvalue weighted by atomic mass is 16.5. The van der Waals surface area contributed by atoms with Crippen molar-refractivity contribution in [3.05, 3.63) is 30.5 Å². The Bertz CT molecular complexity index is 468. The molecule has 0 atom stereocenters. The highest BCUT2D eigenvalue weighted by molar-refractivity contribution is 5.20. The normalized spacial score (nSPS) is 10.4. The molecule has 0 bridgehead atoms. The Hall–Kier alpha value is -1.95. The van der Waals surface area contributed by atoms with Crippen molar-refractivity contribution in [2.24, 2.45) is 5.73 Å². The summed E-state index contributed by atoms with van der Waals surface area (Å²) < 4.78 is 6.84. The number of methoxy groups -OCH3 is 1. The molecule has 0 aliphatic rings. The fraction of sp³-hybridized carbons (Fsp3) is 0.300. The quantitative estimate of drug-likeness (QED) is 0.793. The van der Waals surface area contributed by atoms with Crippen LogP contribution in [0.3, 0.4) is 0 Å². The van der Waals surface area contributed by atoms with Crippen molar-refractivity contribution >= 4 is 0 Å². The van der Waals surface area contributed by atoms with Crippen LogP contribution in [0.5, 0.6) is 5.88 Å². The van der Waals surface area contributed by atoms with Gasteiger partial charge in [-0.2, -0.15) is 4.98 Å². The first-order chi connectivity index (χ1) is 7.85. The van der Waals surface area contributed by atoms with E-state index in [4.69, 9.17) is 10.5 Å². The molecule has 0 amide bonds. The predicted octanol–water partition coefficient (Wildman–Crippen LogP) is 0.172. The minimum absolute atomic E-state index is 0.525. The van der Waals surface area contributed by atoms with Gasteiger partial charge in [-0.3, -0.25) is 4.57 Å². The number of imidazole rings is 1.